The van der Waals surface area contributed by atoms with Gasteiger partial charge in [0.15, 0.2) is 0 Å². The van der Waals surface area contributed by atoms with E-state index in [4.69, 9.17) is 4.74 Å². The number of halogens is 1. The lowest BCUT2D eigenvalue weighted by atomic mass is 9.92. The lowest BCUT2D eigenvalue weighted by Crippen LogP contribution is -2.37. The van der Waals surface area contributed by atoms with Crippen LogP contribution in [0.5, 0.6) is 0 Å². The molecule has 1 atom stereocenters. The van der Waals surface area contributed by atoms with Crippen molar-refractivity contribution in [3.63, 3.8) is 0 Å². The maximum atomic E-state index is 5.89. The largest absolute Gasteiger partial charge is 0.375 e. The first kappa shape index (κ1) is 8.30. The summed E-state index contributed by atoms with van der Waals surface area (Å²) in [6.45, 7) is 1.01. The van der Waals surface area contributed by atoms with Gasteiger partial charge in [0.1, 0.15) is 0 Å². The Labute approximate surface area is 82.0 Å². The molecule has 0 aromatic heterocycles. The predicted octanol–water partition coefficient (Wildman–Crippen LogP) is 2.91. The fourth-order valence-electron chi connectivity index (χ4n) is 2.34. The van der Waals surface area contributed by atoms with Crippen LogP contribution in [0.4, 0.5) is 0 Å². The lowest BCUT2D eigenvalue weighted by Gasteiger charge is -2.36. The van der Waals surface area contributed by atoms with E-state index < -0.39 is 0 Å². The molecule has 0 bridgehead atoms. The topological polar surface area (TPSA) is 9.23 Å². The molecule has 2 aliphatic rings. The highest BCUT2D eigenvalue weighted by Crippen LogP contribution is 2.41. The number of hydrogen-bond donors (Lipinski definition) is 0. The molecule has 1 heterocycles. The zero-order valence-corrected chi connectivity index (χ0v) is 8.97. The summed E-state index contributed by atoms with van der Waals surface area (Å²) >= 11 is 2.58. The van der Waals surface area contributed by atoms with E-state index in [1.807, 2.05) is 0 Å². The Bertz CT molecular complexity index is 140. The third kappa shape index (κ3) is 1.72. The molecule has 0 N–H and O–H groups in total. The summed E-state index contributed by atoms with van der Waals surface area (Å²) in [4.78, 5) is 0. The van der Waals surface area contributed by atoms with Gasteiger partial charge in [0, 0.05) is 10.5 Å². The van der Waals surface area contributed by atoms with Crippen molar-refractivity contribution in [2.45, 2.75) is 48.1 Å². The summed E-state index contributed by atoms with van der Waals surface area (Å²) in [6.07, 6.45) is 8.02. The van der Waals surface area contributed by atoms with E-state index >= 15 is 0 Å². The molecule has 2 rings (SSSR count). The second kappa shape index (κ2) is 3.21. The summed E-state index contributed by atoms with van der Waals surface area (Å²) < 4.78 is 6.77. The first-order valence-electron chi connectivity index (χ1n) is 4.59. The number of rotatable bonds is 0. The van der Waals surface area contributed by atoms with Gasteiger partial charge in [-0.3, -0.25) is 0 Å². The molecule has 64 valence electrons. The summed E-state index contributed by atoms with van der Waals surface area (Å²) in [5, 5.41) is 0. The van der Waals surface area contributed by atoms with Gasteiger partial charge in [-0.05, 0) is 25.7 Å². The zero-order chi connectivity index (χ0) is 7.73. The summed E-state index contributed by atoms with van der Waals surface area (Å²) in [5.74, 6) is 0. The van der Waals surface area contributed by atoms with Gasteiger partial charge in [0.2, 0.25) is 0 Å². The Kier molecular flexibility index (Phi) is 2.42. The molecule has 1 saturated carbocycles. The van der Waals surface area contributed by atoms with E-state index in [1.165, 1.54) is 38.5 Å². The van der Waals surface area contributed by atoms with E-state index in [0.29, 0.717) is 5.60 Å². The first-order valence-corrected chi connectivity index (χ1v) is 5.83. The van der Waals surface area contributed by atoms with Gasteiger partial charge < -0.3 is 4.74 Å². The minimum atomic E-state index is 0.337. The van der Waals surface area contributed by atoms with Crippen molar-refractivity contribution in [3.8, 4) is 0 Å². The molecular formula is C9H15IO. The van der Waals surface area contributed by atoms with E-state index in [1.54, 1.807) is 0 Å². The fraction of sp³-hybridized carbons (Fsp3) is 1.00. The fourth-order valence-corrected chi connectivity index (χ4v) is 3.39. The molecule has 2 heteroatoms. The number of alkyl halides is 1. The maximum absolute atomic E-state index is 5.89. The second-order valence-corrected chi connectivity index (χ2v) is 5.59. The molecular weight excluding hydrogens is 251 g/mol. The van der Waals surface area contributed by atoms with Gasteiger partial charge in [0.05, 0.1) is 5.60 Å². The van der Waals surface area contributed by atoms with E-state index in [9.17, 15) is 0 Å². The smallest absolute Gasteiger partial charge is 0.0692 e. The number of ether oxygens (including phenoxy) is 1. The maximum Gasteiger partial charge on any atom is 0.0692 e. The molecule has 1 nitrogen and oxygen atoms in total. The summed E-state index contributed by atoms with van der Waals surface area (Å²) in [6, 6.07) is 0. The molecule has 0 aromatic rings. The molecule has 0 radical (unpaired) electrons. The van der Waals surface area contributed by atoms with Crippen LogP contribution in [-0.2, 0) is 4.74 Å². The van der Waals surface area contributed by atoms with E-state index in [-0.39, 0.29) is 0 Å². The number of hydrogen-bond acceptors (Lipinski definition) is 1. The Morgan fingerprint density at radius 2 is 2.00 bits per heavy atom. The predicted molar refractivity (Wildman–Crippen MR) is 54.2 cm³/mol. The van der Waals surface area contributed by atoms with Gasteiger partial charge in [-0.1, -0.05) is 35.4 Å². The van der Waals surface area contributed by atoms with E-state index in [0.717, 1.165) is 10.5 Å². The molecule has 11 heavy (non-hydrogen) atoms. The molecule has 1 aliphatic carbocycles. The highest BCUT2D eigenvalue weighted by molar-refractivity contribution is 14.1. The molecule has 0 aromatic carbocycles. The van der Waals surface area contributed by atoms with Crippen LogP contribution in [0.2, 0.25) is 0 Å². The Hall–Kier alpha value is 0.690. The van der Waals surface area contributed by atoms with Crippen LogP contribution < -0.4 is 0 Å². The van der Waals surface area contributed by atoms with Gasteiger partial charge in [-0.25, -0.2) is 0 Å². The van der Waals surface area contributed by atoms with Crippen molar-refractivity contribution in [1.29, 1.82) is 0 Å². The quantitative estimate of drug-likeness (QED) is 0.484. The summed E-state index contributed by atoms with van der Waals surface area (Å²) in [5.41, 5.74) is 0.337. The minimum Gasteiger partial charge on any atom is -0.375 e. The lowest BCUT2D eigenvalue weighted by molar-refractivity contribution is -0.0687. The Morgan fingerprint density at radius 1 is 1.27 bits per heavy atom. The van der Waals surface area contributed by atoms with Crippen LogP contribution >= 0.6 is 22.6 Å². The monoisotopic (exact) mass is 266 g/mol. The second-order valence-electron chi connectivity index (χ2n) is 3.83. The van der Waals surface area contributed by atoms with Crippen LogP contribution in [0.3, 0.4) is 0 Å². The molecule has 1 spiro atoms. The third-order valence-electron chi connectivity index (χ3n) is 2.95. The van der Waals surface area contributed by atoms with Crippen molar-refractivity contribution in [2.75, 3.05) is 6.61 Å². The van der Waals surface area contributed by atoms with Crippen LogP contribution in [0, 0.1) is 0 Å². The van der Waals surface area contributed by atoms with Crippen LogP contribution in [0.15, 0.2) is 0 Å². The van der Waals surface area contributed by atoms with Gasteiger partial charge in [0.25, 0.3) is 0 Å². The highest BCUT2D eigenvalue weighted by Gasteiger charge is 2.38. The van der Waals surface area contributed by atoms with Crippen LogP contribution in [0.25, 0.3) is 0 Å². The highest BCUT2D eigenvalue weighted by atomic mass is 127. The molecule has 1 aliphatic heterocycles. The first-order chi connectivity index (χ1) is 5.31. The van der Waals surface area contributed by atoms with Gasteiger partial charge in [-0.15, -0.1) is 0 Å². The van der Waals surface area contributed by atoms with Crippen molar-refractivity contribution in [3.05, 3.63) is 0 Å². The van der Waals surface area contributed by atoms with Gasteiger partial charge in [-0.2, -0.15) is 0 Å². The third-order valence-corrected chi connectivity index (χ3v) is 4.01. The van der Waals surface area contributed by atoms with Crippen LogP contribution in [0.1, 0.15) is 38.5 Å². The Balaban J connectivity index is 2.00. The van der Waals surface area contributed by atoms with Crippen LogP contribution in [-0.4, -0.2) is 16.1 Å². The van der Waals surface area contributed by atoms with Crippen molar-refractivity contribution in [2.24, 2.45) is 0 Å². The average molecular weight is 266 g/mol. The Morgan fingerprint density at radius 3 is 2.64 bits per heavy atom. The normalized spacial score (nSPS) is 36.3. The van der Waals surface area contributed by atoms with Crippen molar-refractivity contribution >= 4 is 22.6 Å². The standard InChI is InChI=1S/C9H15IO/c10-8-3-6-11-9(7-8)4-1-2-5-9/h8H,1-7H2. The van der Waals surface area contributed by atoms with E-state index in [2.05, 4.69) is 22.6 Å². The summed E-state index contributed by atoms with van der Waals surface area (Å²) in [7, 11) is 0. The molecule has 0 amide bonds. The SMILES string of the molecule is IC1CCOC2(CCCC2)C1. The minimum absolute atomic E-state index is 0.337. The zero-order valence-electron chi connectivity index (χ0n) is 6.81. The molecule has 1 unspecified atom stereocenters. The van der Waals surface area contributed by atoms with Gasteiger partial charge >= 0.3 is 0 Å². The van der Waals surface area contributed by atoms with Crippen molar-refractivity contribution in [1.82, 2.24) is 0 Å². The average Bonchev–Trinajstić information content (AvgIpc) is 2.37. The molecule has 2 fully saturated rings. The molecule has 1 saturated heterocycles. The van der Waals surface area contributed by atoms with Crippen molar-refractivity contribution < 1.29 is 4.74 Å².